The summed E-state index contributed by atoms with van der Waals surface area (Å²) in [5.41, 5.74) is -3.06. The summed E-state index contributed by atoms with van der Waals surface area (Å²) in [5, 5.41) is 11.5. The molecule has 2 saturated carbocycles. The van der Waals surface area contributed by atoms with E-state index in [9.17, 15) is 19.5 Å². The number of methoxy groups -OCH3 is 1. The van der Waals surface area contributed by atoms with Crippen LogP contribution in [-0.2, 0) is 33.3 Å². The zero-order valence-electron chi connectivity index (χ0n) is 23.1. The first-order chi connectivity index (χ1) is 17.7. The molecule has 1 aromatic heterocycles. The van der Waals surface area contributed by atoms with Crippen molar-refractivity contribution in [2.75, 3.05) is 7.11 Å². The molecule has 3 heterocycles. The number of aliphatic hydroxyl groups excluding tert-OH is 1. The van der Waals surface area contributed by atoms with Crippen molar-refractivity contribution >= 4 is 17.9 Å². The fourth-order valence-electron chi connectivity index (χ4n) is 9.00. The second-order valence-electron chi connectivity index (χ2n) is 12.6. The molecular weight excluding hydrogens is 492 g/mol. The van der Waals surface area contributed by atoms with Crippen LogP contribution in [0.15, 0.2) is 35.2 Å². The van der Waals surface area contributed by atoms with E-state index in [2.05, 4.69) is 6.92 Å². The third kappa shape index (κ3) is 3.40. The molecule has 9 heteroatoms. The number of carbonyl (C=O) groups is 3. The predicted octanol–water partition coefficient (Wildman–Crippen LogP) is 3.69. The lowest BCUT2D eigenvalue weighted by Crippen LogP contribution is -2.61. The molecule has 9 nitrogen and oxygen atoms in total. The summed E-state index contributed by atoms with van der Waals surface area (Å²) >= 11 is 0. The van der Waals surface area contributed by atoms with Crippen LogP contribution in [0.4, 0.5) is 0 Å². The van der Waals surface area contributed by atoms with Crippen LogP contribution in [0.25, 0.3) is 0 Å². The van der Waals surface area contributed by atoms with E-state index in [1.165, 1.54) is 20.1 Å². The highest BCUT2D eigenvalue weighted by atomic mass is 16.6. The summed E-state index contributed by atoms with van der Waals surface area (Å²) in [6, 6.07) is 1.95. The number of cyclic esters (lactones) is 1. The van der Waals surface area contributed by atoms with E-state index in [-0.39, 0.29) is 17.3 Å². The molecule has 5 rings (SSSR count). The first-order valence-electron chi connectivity index (χ1n) is 13.3. The van der Waals surface area contributed by atoms with Gasteiger partial charge in [0.1, 0.15) is 16.8 Å². The van der Waals surface area contributed by atoms with E-state index in [1.807, 2.05) is 19.9 Å². The molecule has 0 bridgehead atoms. The van der Waals surface area contributed by atoms with Crippen LogP contribution in [0.1, 0.15) is 72.3 Å². The van der Waals surface area contributed by atoms with Crippen molar-refractivity contribution in [1.82, 2.24) is 0 Å². The Labute approximate surface area is 222 Å². The minimum atomic E-state index is -1.33. The highest BCUT2D eigenvalue weighted by Crippen LogP contribution is 2.79. The number of furan rings is 1. The summed E-state index contributed by atoms with van der Waals surface area (Å²) in [4.78, 5) is 38.0. The van der Waals surface area contributed by atoms with Crippen molar-refractivity contribution in [2.24, 2.45) is 22.7 Å². The van der Waals surface area contributed by atoms with E-state index in [0.29, 0.717) is 12.8 Å². The molecule has 0 unspecified atom stereocenters. The van der Waals surface area contributed by atoms with E-state index >= 15 is 0 Å². The molecule has 1 saturated heterocycles. The van der Waals surface area contributed by atoms with Crippen molar-refractivity contribution in [3.8, 4) is 0 Å². The molecule has 0 radical (unpaired) electrons. The minimum absolute atomic E-state index is 0.0533. The van der Waals surface area contributed by atoms with Crippen LogP contribution >= 0.6 is 0 Å². The highest BCUT2D eigenvalue weighted by molar-refractivity contribution is 5.84. The lowest BCUT2D eigenvalue weighted by molar-refractivity contribution is -0.193. The number of carbonyl (C=O) groups excluding carboxylic acids is 3. The van der Waals surface area contributed by atoms with Crippen molar-refractivity contribution in [3.63, 3.8) is 0 Å². The van der Waals surface area contributed by atoms with Crippen LogP contribution in [0, 0.1) is 22.7 Å². The molecule has 0 amide bonds. The van der Waals surface area contributed by atoms with Gasteiger partial charge in [-0.05, 0) is 57.6 Å². The van der Waals surface area contributed by atoms with Gasteiger partial charge in [-0.25, -0.2) is 9.59 Å². The molecule has 0 aromatic carbocycles. The third-order valence-corrected chi connectivity index (χ3v) is 10.3. The SMILES string of the molecule is COC(=O)[C@@H](OC(C)=O)[C@H]1C(C)(C)OC(=O)C=C[C@]1(C)[C@H]1CC[C@@]2(C)[C@H](c3ccoc3)C[C@@H](O)[C@]23O[C@]13C. The maximum atomic E-state index is 13.1. The molecule has 1 N–H and O–H groups in total. The first kappa shape index (κ1) is 26.9. The highest BCUT2D eigenvalue weighted by Gasteiger charge is 2.87. The summed E-state index contributed by atoms with van der Waals surface area (Å²) in [7, 11) is 1.24. The molecule has 1 aromatic rings. The second-order valence-corrected chi connectivity index (χ2v) is 12.6. The summed E-state index contributed by atoms with van der Waals surface area (Å²) in [6.45, 7) is 10.8. The zero-order chi connectivity index (χ0) is 27.9. The van der Waals surface area contributed by atoms with Crippen molar-refractivity contribution in [1.29, 1.82) is 0 Å². The van der Waals surface area contributed by atoms with E-state index < -0.39 is 58.3 Å². The Morgan fingerprint density at radius 1 is 1.18 bits per heavy atom. The van der Waals surface area contributed by atoms with E-state index in [0.717, 1.165) is 12.0 Å². The quantitative estimate of drug-likeness (QED) is 0.345. The van der Waals surface area contributed by atoms with Gasteiger partial charge in [0, 0.05) is 29.7 Å². The number of ether oxygens (including phenoxy) is 4. The average Bonchev–Trinajstić information content (AvgIpc) is 3.12. The smallest absolute Gasteiger partial charge is 0.347 e. The maximum Gasteiger partial charge on any atom is 0.347 e. The van der Waals surface area contributed by atoms with Gasteiger partial charge in [0.2, 0.25) is 6.10 Å². The fourth-order valence-corrected chi connectivity index (χ4v) is 9.00. The number of aliphatic hydroxyl groups is 1. The number of rotatable bonds is 5. The van der Waals surface area contributed by atoms with Gasteiger partial charge in [-0.3, -0.25) is 4.79 Å². The fraction of sp³-hybridized carbons (Fsp3) is 0.690. The van der Waals surface area contributed by atoms with Crippen LogP contribution in [0.3, 0.4) is 0 Å². The molecular formula is C29H38O9. The van der Waals surface area contributed by atoms with Crippen LogP contribution in [0.5, 0.6) is 0 Å². The number of esters is 3. The molecule has 208 valence electrons. The predicted molar refractivity (Wildman–Crippen MR) is 134 cm³/mol. The van der Waals surface area contributed by atoms with Crippen LogP contribution in [-0.4, -0.2) is 59.1 Å². The molecule has 2 aliphatic carbocycles. The van der Waals surface area contributed by atoms with Gasteiger partial charge in [0.25, 0.3) is 0 Å². The maximum absolute atomic E-state index is 13.1. The molecule has 9 atom stereocenters. The Bertz CT molecular complexity index is 1170. The summed E-state index contributed by atoms with van der Waals surface area (Å²) < 4.78 is 28.6. The van der Waals surface area contributed by atoms with Gasteiger partial charge < -0.3 is 28.5 Å². The van der Waals surface area contributed by atoms with Crippen LogP contribution in [0.2, 0.25) is 0 Å². The molecule has 4 aliphatic rings. The Kier molecular flexibility index (Phi) is 5.97. The summed E-state index contributed by atoms with van der Waals surface area (Å²) in [6.07, 6.45) is 6.47. The van der Waals surface area contributed by atoms with Crippen LogP contribution < -0.4 is 0 Å². The lowest BCUT2D eigenvalue weighted by Gasteiger charge is -2.53. The number of hydrogen-bond donors (Lipinski definition) is 1. The number of hydrogen-bond acceptors (Lipinski definition) is 9. The zero-order valence-corrected chi connectivity index (χ0v) is 23.1. The molecule has 2 aliphatic heterocycles. The summed E-state index contributed by atoms with van der Waals surface area (Å²) in [5.74, 6) is -2.92. The van der Waals surface area contributed by atoms with E-state index in [1.54, 1.807) is 32.4 Å². The van der Waals surface area contributed by atoms with Gasteiger partial charge >= 0.3 is 17.9 Å². The normalized spacial score (nSPS) is 43.7. The molecule has 1 spiro atoms. The Morgan fingerprint density at radius 2 is 1.89 bits per heavy atom. The molecule has 38 heavy (non-hydrogen) atoms. The third-order valence-electron chi connectivity index (χ3n) is 10.3. The first-order valence-corrected chi connectivity index (χ1v) is 13.3. The molecule has 3 fully saturated rings. The Balaban J connectivity index is 1.62. The van der Waals surface area contributed by atoms with Gasteiger partial charge in [0.05, 0.1) is 31.7 Å². The van der Waals surface area contributed by atoms with Gasteiger partial charge in [0.15, 0.2) is 0 Å². The second kappa shape index (κ2) is 8.42. The van der Waals surface area contributed by atoms with Crippen molar-refractivity contribution in [2.45, 2.75) is 95.7 Å². The van der Waals surface area contributed by atoms with Gasteiger partial charge in [-0.2, -0.15) is 0 Å². The largest absolute Gasteiger partial charge is 0.472 e. The number of allylic oxidation sites excluding steroid dienone is 1. The number of epoxide rings is 1. The Hall–Kier alpha value is -2.65. The lowest BCUT2D eigenvalue weighted by atomic mass is 9.49. The topological polar surface area (TPSA) is 125 Å². The van der Waals surface area contributed by atoms with Gasteiger partial charge in [-0.15, -0.1) is 0 Å². The monoisotopic (exact) mass is 530 g/mol. The average molecular weight is 531 g/mol. The standard InChI is InChI=1S/C29H38O9/c1-16(30)36-22(24(33)34-7)23-25(2,3)37-21(32)9-11-26(23,4)19-8-12-27(5)18(17-10-13-35-15-17)14-20(31)29(27)28(19,6)38-29/h9-11,13,15,18-20,22-23,31H,8,12,14H2,1-7H3/t18-,19+,20+,22-,23-,26+,27-,28+,29-/m0/s1. The minimum Gasteiger partial charge on any atom is -0.472 e. The van der Waals surface area contributed by atoms with E-state index in [4.69, 9.17) is 23.4 Å². The van der Waals surface area contributed by atoms with Gasteiger partial charge in [-0.1, -0.05) is 19.9 Å². The van der Waals surface area contributed by atoms with Crippen molar-refractivity contribution in [3.05, 3.63) is 36.3 Å². The Morgan fingerprint density at radius 3 is 2.50 bits per heavy atom. The van der Waals surface area contributed by atoms with Crippen molar-refractivity contribution < 1.29 is 42.9 Å².